The van der Waals surface area contributed by atoms with Gasteiger partial charge in [0.1, 0.15) is 11.6 Å². The number of hydrogen-bond donors (Lipinski definition) is 0. The Hall–Kier alpha value is -1.66. The Labute approximate surface area is 135 Å². The smallest absolute Gasteiger partial charge is 0.226 e. The predicted octanol–water partition coefficient (Wildman–Crippen LogP) is 2.35. The monoisotopic (exact) mass is 323 g/mol. The molecule has 1 aromatic carbocycles. The number of rotatable bonds is 5. The van der Waals surface area contributed by atoms with Crippen LogP contribution in [0.25, 0.3) is 0 Å². The molecule has 2 fully saturated rings. The number of halogens is 1. The third-order valence-corrected chi connectivity index (χ3v) is 4.23. The summed E-state index contributed by atoms with van der Waals surface area (Å²) in [5.41, 5.74) is 0. The van der Waals surface area contributed by atoms with Crippen molar-refractivity contribution >= 4 is 5.91 Å². The Morgan fingerprint density at radius 2 is 1.96 bits per heavy atom. The van der Waals surface area contributed by atoms with Crippen molar-refractivity contribution in [3.8, 4) is 5.75 Å². The van der Waals surface area contributed by atoms with Crippen molar-refractivity contribution in [1.82, 2.24) is 4.90 Å². The summed E-state index contributed by atoms with van der Waals surface area (Å²) in [7, 11) is 0. The van der Waals surface area contributed by atoms with Gasteiger partial charge in [-0.1, -0.05) is 0 Å². The molecule has 2 aliphatic heterocycles. The molecule has 2 saturated heterocycles. The minimum absolute atomic E-state index is 0.00423. The van der Waals surface area contributed by atoms with Gasteiger partial charge in [0.2, 0.25) is 5.91 Å². The maximum Gasteiger partial charge on any atom is 0.226 e. The Morgan fingerprint density at radius 3 is 2.70 bits per heavy atom. The number of carbonyl (C=O) groups excluding carboxylic acids is 1. The van der Waals surface area contributed by atoms with Crippen molar-refractivity contribution in [3.63, 3.8) is 0 Å². The largest absolute Gasteiger partial charge is 0.493 e. The standard InChI is InChI=1S/C17H22FNO4/c18-13-4-6-14(7-5-13)21-10-8-16(20)19-9-2-1-3-15(19)17-22-11-12-23-17/h4-7,15,17H,1-3,8-12H2. The number of carbonyl (C=O) groups is 1. The lowest BCUT2D eigenvalue weighted by molar-refractivity contribution is -0.151. The van der Waals surface area contributed by atoms with Gasteiger partial charge in [-0.05, 0) is 43.5 Å². The number of ether oxygens (including phenoxy) is 3. The molecule has 1 amide bonds. The zero-order chi connectivity index (χ0) is 16.1. The van der Waals surface area contributed by atoms with E-state index in [1.54, 1.807) is 12.1 Å². The molecular formula is C17H22FNO4. The summed E-state index contributed by atoms with van der Waals surface area (Å²) in [6.07, 6.45) is 3.00. The average molecular weight is 323 g/mol. The summed E-state index contributed by atoms with van der Waals surface area (Å²) in [6, 6.07) is 5.80. The van der Waals surface area contributed by atoms with Gasteiger partial charge >= 0.3 is 0 Å². The van der Waals surface area contributed by atoms with Crippen LogP contribution < -0.4 is 4.74 Å². The van der Waals surface area contributed by atoms with Gasteiger partial charge in [-0.15, -0.1) is 0 Å². The fourth-order valence-electron chi connectivity index (χ4n) is 3.08. The second-order valence-corrected chi connectivity index (χ2v) is 5.81. The maximum atomic E-state index is 12.8. The molecule has 23 heavy (non-hydrogen) atoms. The number of amides is 1. The topological polar surface area (TPSA) is 48.0 Å². The SMILES string of the molecule is O=C(CCOc1ccc(F)cc1)N1CCCCC1C1OCCO1. The second-order valence-electron chi connectivity index (χ2n) is 5.81. The summed E-state index contributed by atoms with van der Waals surface area (Å²) in [5.74, 6) is 0.314. The van der Waals surface area contributed by atoms with Gasteiger partial charge in [0.15, 0.2) is 6.29 Å². The van der Waals surface area contributed by atoms with Crippen molar-refractivity contribution in [2.24, 2.45) is 0 Å². The lowest BCUT2D eigenvalue weighted by Crippen LogP contribution is -2.50. The first-order valence-electron chi connectivity index (χ1n) is 8.15. The summed E-state index contributed by atoms with van der Waals surface area (Å²) >= 11 is 0. The average Bonchev–Trinajstić information content (AvgIpc) is 3.11. The van der Waals surface area contributed by atoms with Crippen LogP contribution in [0.5, 0.6) is 5.75 Å². The predicted molar refractivity (Wildman–Crippen MR) is 81.6 cm³/mol. The molecule has 2 aliphatic rings. The molecule has 6 heteroatoms. The highest BCUT2D eigenvalue weighted by molar-refractivity contribution is 5.76. The Kier molecular flexibility index (Phi) is 5.46. The van der Waals surface area contributed by atoms with Gasteiger partial charge < -0.3 is 19.1 Å². The van der Waals surface area contributed by atoms with Crippen molar-refractivity contribution in [2.45, 2.75) is 38.0 Å². The molecule has 0 bridgehead atoms. The number of nitrogens with zero attached hydrogens (tertiary/aromatic N) is 1. The van der Waals surface area contributed by atoms with Crippen LogP contribution in [0, 0.1) is 5.82 Å². The summed E-state index contributed by atoms with van der Waals surface area (Å²) in [5, 5.41) is 0. The number of likely N-dealkylation sites (tertiary alicyclic amines) is 1. The van der Waals surface area contributed by atoms with Crippen LogP contribution >= 0.6 is 0 Å². The normalized spacial score (nSPS) is 22.3. The van der Waals surface area contributed by atoms with Crippen molar-refractivity contribution in [3.05, 3.63) is 30.1 Å². The molecule has 0 aliphatic carbocycles. The molecule has 0 aromatic heterocycles. The lowest BCUT2D eigenvalue weighted by Gasteiger charge is -2.38. The van der Waals surface area contributed by atoms with E-state index < -0.39 is 0 Å². The van der Waals surface area contributed by atoms with Crippen molar-refractivity contribution < 1.29 is 23.4 Å². The van der Waals surface area contributed by atoms with Gasteiger partial charge in [-0.2, -0.15) is 0 Å². The molecule has 0 saturated carbocycles. The van der Waals surface area contributed by atoms with E-state index >= 15 is 0 Å². The first-order valence-corrected chi connectivity index (χ1v) is 8.15. The van der Waals surface area contributed by atoms with Crippen molar-refractivity contribution in [2.75, 3.05) is 26.4 Å². The van der Waals surface area contributed by atoms with E-state index in [0.717, 1.165) is 25.8 Å². The minimum atomic E-state index is -0.304. The number of piperidine rings is 1. The highest BCUT2D eigenvalue weighted by Crippen LogP contribution is 2.25. The number of hydrogen-bond acceptors (Lipinski definition) is 4. The molecule has 0 spiro atoms. The Balaban J connectivity index is 1.50. The van der Waals surface area contributed by atoms with Crippen LogP contribution in [0.2, 0.25) is 0 Å². The maximum absolute atomic E-state index is 12.8. The molecular weight excluding hydrogens is 301 g/mol. The van der Waals surface area contributed by atoms with E-state index in [2.05, 4.69) is 0 Å². The van der Waals surface area contributed by atoms with E-state index in [-0.39, 0.29) is 30.7 Å². The molecule has 1 aromatic rings. The van der Waals surface area contributed by atoms with Crippen LogP contribution in [0.15, 0.2) is 24.3 Å². The quantitative estimate of drug-likeness (QED) is 0.834. The van der Waals surface area contributed by atoms with Gasteiger partial charge in [0.05, 0.1) is 32.3 Å². The first-order chi connectivity index (χ1) is 11.2. The first kappa shape index (κ1) is 16.2. The van der Waals surface area contributed by atoms with Gasteiger partial charge in [0.25, 0.3) is 0 Å². The second kappa shape index (κ2) is 7.75. The molecule has 3 rings (SSSR count). The molecule has 126 valence electrons. The van der Waals surface area contributed by atoms with E-state index in [0.29, 0.717) is 25.4 Å². The Bertz CT molecular complexity index is 516. The minimum Gasteiger partial charge on any atom is -0.493 e. The van der Waals surface area contributed by atoms with Gasteiger partial charge in [-0.3, -0.25) is 4.79 Å². The van der Waals surface area contributed by atoms with Gasteiger partial charge in [-0.25, -0.2) is 4.39 Å². The fourth-order valence-corrected chi connectivity index (χ4v) is 3.08. The van der Waals surface area contributed by atoms with E-state index in [9.17, 15) is 9.18 Å². The van der Waals surface area contributed by atoms with Gasteiger partial charge in [0, 0.05) is 6.54 Å². The molecule has 5 nitrogen and oxygen atoms in total. The van der Waals surface area contributed by atoms with Crippen LogP contribution in [0.3, 0.4) is 0 Å². The van der Waals surface area contributed by atoms with Crippen LogP contribution in [-0.4, -0.2) is 49.5 Å². The van der Waals surface area contributed by atoms with Crippen molar-refractivity contribution in [1.29, 1.82) is 0 Å². The van der Waals surface area contributed by atoms with Crippen LogP contribution in [0.4, 0.5) is 4.39 Å². The summed E-state index contributed by atoms with van der Waals surface area (Å²) < 4.78 is 29.5. The van der Waals surface area contributed by atoms with Crippen LogP contribution in [0.1, 0.15) is 25.7 Å². The highest BCUT2D eigenvalue weighted by Gasteiger charge is 2.35. The van der Waals surface area contributed by atoms with Crippen LogP contribution in [-0.2, 0) is 14.3 Å². The summed E-state index contributed by atoms with van der Waals surface area (Å²) in [6.45, 7) is 2.21. The molecule has 0 radical (unpaired) electrons. The Morgan fingerprint density at radius 1 is 1.22 bits per heavy atom. The third-order valence-electron chi connectivity index (χ3n) is 4.23. The van der Waals surface area contributed by atoms with E-state index in [1.165, 1.54) is 12.1 Å². The summed E-state index contributed by atoms with van der Waals surface area (Å²) in [4.78, 5) is 14.4. The third kappa shape index (κ3) is 4.20. The zero-order valence-electron chi connectivity index (χ0n) is 13.1. The fraction of sp³-hybridized carbons (Fsp3) is 0.588. The zero-order valence-corrected chi connectivity index (χ0v) is 13.1. The highest BCUT2D eigenvalue weighted by atomic mass is 19.1. The van der Waals surface area contributed by atoms with E-state index in [1.807, 2.05) is 4.90 Å². The molecule has 2 heterocycles. The molecule has 1 unspecified atom stereocenters. The number of benzene rings is 1. The lowest BCUT2D eigenvalue weighted by atomic mass is 10.0. The molecule has 0 N–H and O–H groups in total. The van der Waals surface area contributed by atoms with E-state index in [4.69, 9.17) is 14.2 Å². The molecule has 1 atom stereocenters.